The molecule has 0 spiro atoms. The van der Waals surface area contributed by atoms with Crippen LogP contribution in [0.1, 0.15) is 32.2 Å². The second-order valence-electron chi connectivity index (χ2n) is 4.70. The highest BCUT2D eigenvalue weighted by atomic mass is 79.9. The fourth-order valence-corrected chi connectivity index (χ4v) is 2.32. The average molecular weight is 347 g/mol. The minimum absolute atomic E-state index is 0.0242. The van der Waals surface area contributed by atoms with Gasteiger partial charge in [-0.25, -0.2) is 0 Å². The number of rotatable bonds is 6. The van der Waals surface area contributed by atoms with Gasteiger partial charge in [0.25, 0.3) is 0 Å². The zero-order valence-electron chi connectivity index (χ0n) is 12.1. The van der Waals surface area contributed by atoms with Gasteiger partial charge in [-0.1, -0.05) is 0 Å². The van der Waals surface area contributed by atoms with Gasteiger partial charge in [0.1, 0.15) is 0 Å². The van der Waals surface area contributed by atoms with Crippen molar-refractivity contribution in [2.45, 2.75) is 40.7 Å². The van der Waals surface area contributed by atoms with E-state index in [0.29, 0.717) is 12.2 Å². The number of carbonyl (C=O) groups is 2. The summed E-state index contributed by atoms with van der Waals surface area (Å²) in [7, 11) is 0. The number of aryl methyl sites for hydroxylation is 2. The predicted octanol–water partition coefficient (Wildman–Crippen LogP) is 2.17. The summed E-state index contributed by atoms with van der Waals surface area (Å²) in [6.45, 7) is 7.50. The third-order valence-electron chi connectivity index (χ3n) is 3.17. The van der Waals surface area contributed by atoms with Gasteiger partial charge in [-0.05, 0) is 43.6 Å². The molecule has 1 aromatic heterocycles. The number of carbonyl (C=O) groups excluding carboxylic acids is 1. The number of carboxylic acids is 1. The first kappa shape index (κ1) is 16.7. The molecular weight excluding hydrogens is 328 g/mol. The maximum absolute atomic E-state index is 12.0. The Morgan fingerprint density at radius 2 is 2.05 bits per heavy atom. The molecule has 0 aliphatic carbocycles. The molecule has 1 N–H and O–H groups in total. The number of esters is 1. The van der Waals surface area contributed by atoms with Crippen molar-refractivity contribution in [2.75, 3.05) is 6.61 Å². The highest BCUT2D eigenvalue weighted by Gasteiger charge is 2.44. The number of ether oxygens (including phenoxy) is 1. The third kappa shape index (κ3) is 3.03. The van der Waals surface area contributed by atoms with Crippen molar-refractivity contribution < 1.29 is 19.4 Å². The van der Waals surface area contributed by atoms with E-state index >= 15 is 0 Å². The lowest BCUT2D eigenvalue weighted by Crippen LogP contribution is -2.40. The molecule has 0 fully saturated rings. The van der Waals surface area contributed by atoms with Crippen LogP contribution in [0.5, 0.6) is 0 Å². The highest BCUT2D eigenvalue weighted by molar-refractivity contribution is 9.10. The normalized spacial score (nSPS) is 13.8. The SMILES string of the molecule is CCOC(=O)C(C)(Cc1c(Br)c(C)nn1CC)C(=O)O. The Bertz CT molecular complexity index is 527. The smallest absolute Gasteiger partial charge is 0.323 e. The van der Waals surface area contributed by atoms with Crippen molar-refractivity contribution in [2.24, 2.45) is 5.41 Å². The summed E-state index contributed by atoms with van der Waals surface area (Å²) in [6.07, 6.45) is 0.0242. The van der Waals surface area contributed by atoms with E-state index in [9.17, 15) is 14.7 Å². The van der Waals surface area contributed by atoms with Crippen LogP contribution in [-0.2, 0) is 27.3 Å². The van der Waals surface area contributed by atoms with Gasteiger partial charge in [-0.2, -0.15) is 5.10 Å². The van der Waals surface area contributed by atoms with Crippen LogP contribution in [0.3, 0.4) is 0 Å². The minimum Gasteiger partial charge on any atom is -0.480 e. The molecule has 1 heterocycles. The van der Waals surface area contributed by atoms with E-state index in [0.717, 1.165) is 10.2 Å². The van der Waals surface area contributed by atoms with Gasteiger partial charge >= 0.3 is 11.9 Å². The lowest BCUT2D eigenvalue weighted by Gasteiger charge is -2.23. The predicted molar refractivity (Wildman–Crippen MR) is 76.4 cm³/mol. The van der Waals surface area contributed by atoms with Crippen LogP contribution in [-0.4, -0.2) is 33.4 Å². The van der Waals surface area contributed by atoms with Crippen molar-refractivity contribution in [1.29, 1.82) is 0 Å². The summed E-state index contributed by atoms with van der Waals surface area (Å²) < 4.78 is 7.32. The quantitative estimate of drug-likeness (QED) is 0.630. The van der Waals surface area contributed by atoms with E-state index in [1.807, 2.05) is 13.8 Å². The van der Waals surface area contributed by atoms with E-state index < -0.39 is 17.4 Å². The molecule has 1 unspecified atom stereocenters. The molecular formula is C13H19BrN2O4. The molecule has 20 heavy (non-hydrogen) atoms. The summed E-state index contributed by atoms with van der Waals surface area (Å²) in [6, 6.07) is 0. The zero-order chi connectivity index (χ0) is 15.5. The van der Waals surface area contributed by atoms with Crippen LogP contribution in [0, 0.1) is 12.3 Å². The second kappa shape index (κ2) is 6.39. The van der Waals surface area contributed by atoms with Gasteiger partial charge in [0.15, 0.2) is 5.41 Å². The van der Waals surface area contributed by atoms with E-state index in [4.69, 9.17) is 4.74 Å². The van der Waals surface area contributed by atoms with Crippen molar-refractivity contribution in [3.63, 3.8) is 0 Å². The van der Waals surface area contributed by atoms with Gasteiger partial charge in [0.05, 0.1) is 22.5 Å². The number of hydrogen-bond donors (Lipinski definition) is 1. The van der Waals surface area contributed by atoms with Crippen LogP contribution in [0.15, 0.2) is 4.47 Å². The fraction of sp³-hybridized carbons (Fsp3) is 0.615. The lowest BCUT2D eigenvalue weighted by molar-refractivity contribution is -0.167. The molecule has 1 atom stereocenters. The standard InChI is InChI=1S/C13H19BrN2O4/c1-5-16-9(10(14)8(3)15-16)7-13(4,11(17)18)12(19)20-6-2/h5-7H2,1-4H3,(H,17,18). The summed E-state index contributed by atoms with van der Waals surface area (Å²) >= 11 is 3.40. The Labute approximate surface area is 126 Å². The molecule has 6 nitrogen and oxygen atoms in total. The number of aromatic nitrogens is 2. The molecule has 0 saturated carbocycles. The first-order valence-corrected chi connectivity index (χ1v) is 7.19. The van der Waals surface area contributed by atoms with Crippen LogP contribution in [0.2, 0.25) is 0 Å². The van der Waals surface area contributed by atoms with Crippen molar-refractivity contribution in [3.05, 3.63) is 15.9 Å². The van der Waals surface area contributed by atoms with Crippen molar-refractivity contribution >= 4 is 27.9 Å². The number of hydrogen-bond acceptors (Lipinski definition) is 4. The summed E-state index contributed by atoms with van der Waals surface area (Å²) in [5, 5.41) is 13.7. The van der Waals surface area contributed by atoms with Gasteiger partial charge < -0.3 is 9.84 Å². The Hall–Kier alpha value is -1.37. The third-order valence-corrected chi connectivity index (χ3v) is 4.20. The Balaban J connectivity index is 3.21. The van der Waals surface area contributed by atoms with Crippen LogP contribution >= 0.6 is 15.9 Å². The van der Waals surface area contributed by atoms with E-state index in [-0.39, 0.29) is 13.0 Å². The molecule has 0 aliphatic rings. The minimum atomic E-state index is -1.63. The van der Waals surface area contributed by atoms with Gasteiger partial charge in [-0.15, -0.1) is 0 Å². The van der Waals surface area contributed by atoms with Crippen molar-refractivity contribution in [1.82, 2.24) is 9.78 Å². The summed E-state index contributed by atoms with van der Waals surface area (Å²) in [5.41, 5.74) is -0.181. The van der Waals surface area contributed by atoms with Gasteiger partial charge in [0.2, 0.25) is 0 Å². The Morgan fingerprint density at radius 3 is 2.50 bits per heavy atom. The van der Waals surface area contributed by atoms with Crippen LogP contribution in [0.4, 0.5) is 0 Å². The molecule has 0 aromatic carbocycles. The second-order valence-corrected chi connectivity index (χ2v) is 5.49. The first-order chi connectivity index (χ1) is 9.27. The molecule has 1 aromatic rings. The highest BCUT2D eigenvalue weighted by Crippen LogP contribution is 2.30. The zero-order valence-corrected chi connectivity index (χ0v) is 13.7. The number of aliphatic carboxylic acids is 1. The topological polar surface area (TPSA) is 81.4 Å². The maximum atomic E-state index is 12.0. The van der Waals surface area contributed by atoms with E-state index in [2.05, 4.69) is 21.0 Å². The molecule has 0 bridgehead atoms. The summed E-state index contributed by atoms with van der Waals surface area (Å²) in [5.74, 6) is -1.94. The molecule has 0 radical (unpaired) electrons. The van der Waals surface area contributed by atoms with Crippen molar-refractivity contribution in [3.8, 4) is 0 Å². The molecule has 1 rings (SSSR count). The Kier molecular flexibility index (Phi) is 5.33. The molecule has 0 amide bonds. The molecule has 0 aliphatic heterocycles. The van der Waals surface area contributed by atoms with Gasteiger partial charge in [0, 0.05) is 13.0 Å². The van der Waals surface area contributed by atoms with E-state index in [1.54, 1.807) is 11.6 Å². The average Bonchev–Trinajstić information content (AvgIpc) is 2.66. The van der Waals surface area contributed by atoms with Crippen LogP contribution < -0.4 is 0 Å². The van der Waals surface area contributed by atoms with Gasteiger partial charge in [-0.3, -0.25) is 14.3 Å². The Morgan fingerprint density at radius 1 is 1.45 bits per heavy atom. The fourth-order valence-electron chi connectivity index (χ4n) is 1.90. The molecule has 112 valence electrons. The number of carboxylic acid groups (broad SMARTS) is 1. The lowest BCUT2D eigenvalue weighted by atomic mass is 9.85. The maximum Gasteiger partial charge on any atom is 0.323 e. The summed E-state index contributed by atoms with van der Waals surface area (Å²) in [4.78, 5) is 23.5. The molecule has 7 heteroatoms. The largest absolute Gasteiger partial charge is 0.480 e. The first-order valence-electron chi connectivity index (χ1n) is 6.40. The monoisotopic (exact) mass is 346 g/mol. The van der Waals surface area contributed by atoms with E-state index in [1.165, 1.54) is 6.92 Å². The van der Waals surface area contributed by atoms with Crippen LogP contribution in [0.25, 0.3) is 0 Å². The molecule has 0 saturated heterocycles. The number of nitrogens with zero attached hydrogens (tertiary/aromatic N) is 2. The number of halogens is 1.